The van der Waals surface area contributed by atoms with Crippen LogP contribution in [-0.2, 0) is 4.79 Å². The van der Waals surface area contributed by atoms with Crippen LogP contribution in [0.25, 0.3) is 0 Å². The third-order valence-corrected chi connectivity index (χ3v) is 3.83. The lowest BCUT2D eigenvalue weighted by molar-refractivity contribution is -0.119. The van der Waals surface area contributed by atoms with Crippen LogP contribution in [0.5, 0.6) is 5.75 Å². The first-order valence-electron chi connectivity index (χ1n) is 5.98. The van der Waals surface area contributed by atoms with E-state index in [-0.39, 0.29) is 11.9 Å². The molecule has 2 rings (SSSR count). The first-order chi connectivity index (χ1) is 8.63. The molecule has 0 aromatic heterocycles. The number of carbonyl (C=O) groups excluding carboxylic acids is 1. The Labute approximate surface area is 115 Å². The molecule has 1 fully saturated rings. The largest absolute Gasteiger partial charge is 0.496 e. The Kier molecular flexibility index (Phi) is 4.24. The maximum atomic E-state index is 12.2. The molecule has 1 unspecified atom stereocenters. The predicted molar refractivity (Wildman–Crippen MR) is 75.1 cm³/mol. The van der Waals surface area contributed by atoms with Crippen molar-refractivity contribution in [2.24, 2.45) is 0 Å². The Balaban J connectivity index is 2.15. The molecule has 1 N–H and O–H groups in total. The van der Waals surface area contributed by atoms with Gasteiger partial charge in [0.2, 0.25) is 5.91 Å². The number of halogens is 1. The van der Waals surface area contributed by atoms with Gasteiger partial charge in [0, 0.05) is 12.7 Å². The third kappa shape index (κ3) is 2.67. The summed E-state index contributed by atoms with van der Waals surface area (Å²) in [7, 11) is 3.42. The Hall–Kier alpha value is -1.07. The molecule has 4 nitrogen and oxygen atoms in total. The van der Waals surface area contributed by atoms with E-state index in [0.717, 1.165) is 35.3 Å². The molecule has 1 saturated heterocycles. The molecular weight excluding hydrogens is 296 g/mol. The van der Waals surface area contributed by atoms with Gasteiger partial charge in [0.15, 0.2) is 0 Å². The van der Waals surface area contributed by atoms with Gasteiger partial charge in [-0.25, -0.2) is 0 Å². The molecule has 0 bridgehead atoms. The lowest BCUT2D eigenvalue weighted by Crippen LogP contribution is -2.41. The summed E-state index contributed by atoms with van der Waals surface area (Å²) in [6.45, 7) is 0.927. The maximum Gasteiger partial charge on any atom is 0.243 e. The van der Waals surface area contributed by atoms with Gasteiger partial charge in [0.1, 0.15) is 5.75 Å². The number of hydrogen-bond acceptors (Lipinski definition) is 3. The van der Waals surface area contributed by atoms with E-state index in [9.17, 15) is 4.79 Å². The molecule has 1 aromatic rings. The molecule has 0 aliphatic carbocycles. The number of nitrogens with zero attached hydrogens (tertiary/aromatic N) is 1. The second kappa shape index (κ2) is 5.71. The highest BCUT2D eigenvalue weighted by Gasteiger charge is 2.25. The molecule has 98 valence electrons. The minimum atomic E-state index is -0.0455. The molecule has 1 heterocycles. The molecule has 5 heteroatoms. The van der Waals surface area contributed by atoms with Gasteiger partial charge in [-0.1, -0.05) is 0 Å². The molecule has 1 aliphatic rings. The number of methoxy groups -OCH3 is 1. The minimum absolute atomic E-state index is 0.0455. The van der Waals surface area contributed by atoms with Crippen LogP contribution in [0.15, 0.2) is 22.7 Å². The zero-order valence-electron chi connectivity index (χ0n) is 10.6. The molecule has 0 saturated carbocycles. The van der Waals surface area contributed by atoms with Crippen LogP contribution in [0.1, 0.15) is 12.8 Å². The number of likely N-dealkylation sites (N-methyl/N-ethyl adjacent to an activating group) is 1. The lowest BCUT2D eigenvalue weighted by atomic mass is 10.2. The SMILES string of the molecule is COc1ccc(N(C)C(=O)C2CCCN2)cc1Br. The first kappa shape index (κ1) is 13.4. The van der Waals surface area contributed by atoms with E-state index in [1.54, 1.807) is 19.1 Å². The number of nitrogens with one attached hydrogen (secondary N) is 1. The van der Waals surface area contributed by atoms with Crippen molar-refractivity contribution in [3.05, 3.63) is 22.7 Å². The Morgan fingerprint density at radius 3 is 2.89 bits per heavy atom. The summed E-state index contributed by atoms with van der Waals surface area (Å²) in [5.74, 6) is 0.878. The Morgan fingerprint density at radius 1 is 1.56 bits per heavy atom. The molecule has 1 amide bonds. The second-order valence-electron chi connectivity index (χ2n) is 4.37. The zero-order valence-corrected chi connectivity index (χ0v) is 12.2. The van der Waals surface area contributed by atoms with E-state index in [1.807, 2.05) is 18.2 Å². The smallest absolute Gasteiger partial charge is 0.243 e. The van der Waals surface area contributed by atoms with E-state index >= 15 is 0 Å². The van der Waals surface area contributed by atoms with Crippen LogP contribution in [0.2, 0.25) is 0 Å². The van der Waals surface area contributed by atoms with Crippen LogP contribution in [0.3, 0.4) is 0 Å². The normalized spacial score (nSPS) is 18.7. The number of amides is 1. The molecule has 1 aromatic carbocycles. The van der Waals surface area contributed by atoms with Crippen molar-refractivity contribution in [1.82, 2.24) is 5.32 Å². The van der Waals surface area contributed by atoms with E-state index < -0.39 is 0 Å². The summed E-state index contributed by atoms with van der Waals surface area (Å²) < 4.78 is 6.03. The molecule has 1 atom stereocenters. The number of ether oxygens (including phenoxy) is 1. The van der Waals surface area contributed by atoms with Crippen molar-refractivity contribution >= 4 is 27.5 Å². The second-order valence-corrected chi connectivity index (χ2v) is 5.22. The lowest BCUT2D eigenvalue weighted by Gasteiger charge is -2.21. The van der Waals surface area contributed by atoms with Gasteiger partial charge in [0.25, 0.3) is 0 Å². The molecule has 0 spiro atoms. The van der Waals surface area contributed by atoms with Crippen LogP contribution < -0.4 is 15.0 Å². The summed E-state index contributed by atoms with van der Waals surface area (Å²) in [4.78, 5) is 13.9. The summed E-state index contributed by atoms with van der Waals surface area (Å²) in [6.07, 6.45) is 1.98. The highest BCUT2D eigenvalue weighted by molar-refractivity contribution is 9.10. The minimum Gasteiger partial charge on any atom is -0.496 e. The third-order valence-electron chi connectivity index (χ3n) is 3.21. The Morgan fingerprint density at radius 2 is 2.33 bits per heavy atom. The zero-order chi connectivity index (χ0) is 13.1. The first-order valence-corrected chi connectivity index (χ1v) is 6.77. The highest BCUT2D eigenvalue weighted by Crippen LogP contribution is 2.29. The van der Waals surface area contributed by atoms with Gasteiger partial charge in [-0.2, -0.15) is 0 Å². The van der Waals surface area contributed by atoms with Crippen molar-refractivity contribution in [2.45, 2.75) is 18.9 Å². The van der Waals surface area contributed by atoms with Crippen molar-refractivity contribution in [2.75, 3.05) is 25.6 Å². The van der Waals surface area contributed by atoms with Crippen molar-refractivity contribution in [1.29, 1.82) is 0 Å². The Bertz CT molecular complexity index is 445. The monoisotopic (exact) mass is 312 g/mol. The summed E-state index contributed by atoms with van der Waals surface area (Å²) in [5, 5.41) is 3.22. The van der Waals surface area contributed by atoms with Crippen LogP contribution in [-0.4, -0.2) is 32.7 Å². The van der Waals surface area contributed by atoms with Crippen LogP contribution in [0.4, 0.5) is 5.69 Å². The average Bonchev–Trinajstić information content (AvgIpc) is 2.90. The van der Waals surface area contributed by atoms with Crippen molar-refractivity contribution in [3.8, 4) is 5.75 Å². The van der Waals surface area contributed by atoms with E-state index in [2.05, 4.69) is 21.2 Å². The van der Waals surface area contributed by atoms with E-state index in [0.29, 0.717) is 0 Å². The predicted octanol–water partition coefficient (Wildman–Crippen LogP) is 2.17. The van der Waals surface area contributed by atoms with Gasteiger partial charge in [-0.3, -0.25) is 4.79 Å². The molecule has 18 heavy (non-hydrogen) atoms. The molecule has 1 aliphatic heterocycles. The highest BCUT2D eigenvalue weighted by atomic mass is 79.9. The summed E-state index contributed by atoms with van der Waals surface area (Å²) in [6, 6.07) is 5.59. The van der Waals surface area contributed by atoms with E-state index in [1.165, 1.54) is 0 Å². The summed E-state index contributed by atoms with van der Waals surface area (Å²) in [5.41, 5.74) is 0.862. The van der Waals surface area contributed by atoms with Crippen LogP contribution >= 0.6 is 15.9 Å². The maximum absolute atomic E-state index is 12.2. The van der Waals surface area contributed by atoms with Gasteiger partial charge in [-0.05, 0) is 53.5 Å². The van der Waals surface area contributed by atoms with Gasteiger partial charge < -0.3 is 15.0 Å². The fourth-order valence-electron chi connectivity index (χ4n) is 2.12. The van der Waals surface area contributed by atoms with Gasteiger partial charge in [-0.15, -0.1) is 0 Å². The van der Waals surface area contributed by atoms with Crippen molar-refractivity contribution in [3.63, 3.8) is 0 Å². The quantitative estimate of drug-likeness (QED) is 0.930. The van der Waals surface area contributed by atoms with Gasteiger partial charge in [0.05, 0.1) is 17.6 Å². The van der Waals surface area contributed by atoms with Crippen molar-refractivity contribution < 1.29 is 9.53 Å². The summed E-state index contributed by atoms with van der Waals surface area (Å²) >= 11 is 3.43. The number of rotatable bonds is 3. The standard InChI is InChI=1S/C13H17BrN2O2/c1-16(13(17)11-4-3-7-15-11)9-5-6-12(18-2)10(14)8-9/h5-6,8,11,15H,3-4,7H2,1-2H3. The number of benzene rings is 1. The van der Waals surface area contributed by atoms with Gasteiger partial charge >= 0.3 is 0 Å². The van der Waals surface area contributed by atoms with E-state index in [4.69, 9.17) is 4.74 Å². The number of hydrogen-bond donors (Lipinski definition) is 1. The fraction of sp³-hybridized carbons (Fsp3) is 0.462. The average molecular weight is 313 g/mol. The topological polar surface area (TPSA) is 41.6 Å². The molecular formula is C13H17BrN2O2. The number of carbonyl (C=O) groups is 1. The van der Waals surface area contributed by atoms with Crippen LogP contribution in [0, 0.1) is 0 Å². The number of anilines is 1. The molecule has 0 radical (unpaired) electrons. The fourth-order valence-corrected chi connectivity index (χ4v) is 2.65.